The van der Waals surface area contributed by atoms with Gasteiger partial charge in [0.1, 0.15) is 5.75 Å². The van der Waals surface area contributed by atoms with Crippen LogP contribution in [0.15, 0.2) is 24.3 Å². The standard InChI is InChI=1S/C15H16N2O2S2/c16-11-1-2-12(18)9(5-11)7-17-15(19)14-6-10-8-20-4-3-13(10)21-14/h1-2,5-6,18H,3-4,7-8,16H2,(H,17,19). The van der Waals surface area contributed by atoms with Gasteiger partial charge in [0.05, 0.1) is 4.88 Å². The molecule has 0 atom stereocenters. The van der Waals surface area contributed by atoms with Gasteiger partial charge in [-0.25, -0.2) is 0 Å². The summed E-state index contributed by atoms with van der Waals surface area (Å²) >= 11 is 3.48. The molecule has 0 spiro atoms. The van der Waals surface area contributed by atoms with Crippen molar-refractivity contribution in [1.29, 1.82) is 0 Å². The number of phenolic OH excluding ortho intramolecular Hbond substituents is 1. The molecule has 0 unspecified atom stereocenters. The van der Waals surface area contributed by atoms with Gasteiger partial charge in [-0.1, -0.05) is 0 Å². The van der Waals surface area contributed by atoms with E-state index in [0.717, 1.165) is 22.8 Å². The molecule has 110 valence electrons. The van der Waals surface area contributed by atoms with Crippen LogP contribution in [0.5, 0.6) is 5.75 Å². The summed E-state index contributed by atoms with van der Waals surface area (Å²) in [4.78, 5) is 14.3. The van der Waals surface area contributed by atoms with Crippen LogP contribution in [0.1, 0.15) is 25.7 Å². The lowest BCUT2D eigenvalue weighted by Crippen LogP contribution is -2.21. The highest BCUT2D eigenvalue weighted by Gasteiger charge is 2.17. The first-order valence-corrected chi connectivity index (χ1v) is 8.65. The highest BCUT2D eigenvalue weighted by Crippen LogP contribution is 2.31. The summed E-state index contributed by atoms with van der Waals surface area (Å²) in [7, 11) is 0. The van der Waals surface area contributed by atoms with Crippen molar-refractivity contribution in [3.05, 3.63) is 45.1 Å². The maximum Gasteiger partial charge on any atom is 0.261 e. The third-order valence-corrected chi connectivity index (χ3v) is 5.64. The Morgan fingerprint density at radius 1 is 1.38 bits per heavy atom. The van der Waals surface area contributed by atoms with Gasteiger partial charge >= 0.3 is 0 Å². The number of amides is 1. The molecule has 2 heterocycles. The lowest BCUT2D eigenvalue weighted by atomic mass is 10.1. The number of carbonyl (C=O) groups excluding carboxylic acids is 1. The summed E-state index contributed by atoms with van der Waals surface area (Å²) in [6, 6.07) is 6.83. The Labute approximate surface area is 131 Å². The number of anilines is 1. The van der Waals surface area contributed by atoms with Crippen LogP contribution in [0, 0.1) is 0 Å². The molecule has 1 aliphatic rings. The minimum Gasteiger partial charge on any atom is -0.508 e. The zero-order valence-corrected chi connectivity index (χ0v) is 13.0. The number of benzene rings is 1. The summed E-state index contributed by atoms with van der Waals surface area (Å²) in [5.74, 6) is 2.17. The number of nitrogen functional groups attached to an aromatic ring is 1. The first-order valence-electron chi connectivity index (χ1n) is 6.68. The van der Waals surface area contributed by atoms with Crippen LogP contribution in [0.3, 0.4) is 0 Å². The van der Waals surface area contributed by atoms with Crippen molar-refractivity contribution in [1.82, 2.24) is 5.32 Å². The first-order chi connectivity index (χ1) is 10.1. The zero-order chi connectivity index (χ0) is 14.8. The van der Waals surface area contributed by atoms with Gasteiger partial charge in [-0.05, 0) is 42.0 Å². The van der Waals surface area contributed by atoms with Crippen LogP contribution in [-0.4, -0.2) is 16.8 Å². The van der Waals surface area contributed by atoms with E-state index >= 15 is 0 Å². The van der Waals surface area contributed by atoms with E-state index in [2.05, 4.69) is 5.32 Å². The fourth-order valence-corrected chi connectivity index (χ4v) is 4.56. The van der Waals surface area contributed by atoms with Gasteiger partial charge in [-0.3, -0.25) is 4.79 Å². The molecule has 2 aromatic rings. The van der Waals surface area contributed by atoms with Crippen molar-refractivity contribution in [2.75, 3.05) is 11.5 Å². The van der Waals surface area contributed by atoms with Crippen molar-refractivity contribution < 1.29 is 9.90 Å². The zero-order valence-electron chi connectivity index (χ0n) is 11.4. The SMILES string of the molecule is Nc1ccc(O)c(CNC(=O)c2cc3c(s2)CCSC3)c1. The van der Waals surface area contributed by atoms with Crippen molar-refractivity contribution in [3.8, 4) is 5.75 Å². The molecule has 0 saturated heterocycles. The predicted octanol–water partition coefficient (Wildman–Crippen LogP) is 2.76. The highest BCUT2D eigenvalue weighted by atomic mass is 32.2. The summed E-state index contributed by atoms with van der Waals surface area (Å²) in [6.07, 6.45) is 1.05. The molecule has 1 aromatic carbocycles. The predicted molar refractivity (Wildman–Crippen MR) is 87.9 cm³/mol. The molecule has 21 heavy (non-hydrogen) atoms. The van der Waals surface area contributed by atoms with E-state index in [1.165, 1.54) is 16.5 Å². The van der Waals surface area contributed by atoms with Crippen LogP contribution >= 0.6 is 23.1 Å². The smallest absolute Gasteiger partial charge is 0.261 e. The summed E-state index contributed by atoms with van der Waals surface area (Å²) in [6.45, 7) is 0.271. The lowest BCUT2D eigenvalue weighted by Gasteiger charge is -2.08. The number of nitrogens with two attached hydrogens (primary N) is 1. The Morgan fingerprint density at radius 2 is 2.24 bits per heavy atom. The second-order valence-electron chi connectivity index (χ2n) is 4.93. The largest absolute Gasteiger partial charge is 0.508 e. The number of rotatable bonds is 3. The number of hydrogen-bond acceptors (Lipinski definition) is 5. The molecular weight excluding hydrogens is 304 g/mol. The molecule has 0 radical (unpaired) electrons. The number of carbonyl (C=O) groups is 1. The lowest BCUT2D eigenvalue weighted by molar-refractivity contribution is 0.0955. The van der Waals surface area contributed by atoms with E-state index in [1.807, 2.05) is 17.8 Å². The van der Waals surface area contributed by atoms with Crippen LogP contribution in [0.4, 0.5) is 5.69 Å². The maximum atomic E-state index is 12.2. The molecule has 4 nitrogen and oxygen atoms in total. The number of thioether (sulfide) groups is 1. The average Bonchev–Trinajstić information content (AvgIpc) is 2.92. The van der Waals surface area contributed by atoms with Crippen molar-refractivity contribution in [2.45, 2.75) is 18.7 Å². The fraction of sp³-hybridized carbons (Fsp3) is 0.267. The second kappa shape index (κ2) is 5.99. The molecule has 0 saturated carbocycles. The van der Waals surface area contributed by atoms with Crippen LogP contribution < -0.4 is 11.1 Å². The molecule has 6 heteroatoms. The number of hydrogen-bond donors (Lipinski definition) is 3. The Balaban J connectivity index is 1.69. The van der Waals surface area contributed by atoms with Crippen molar-refractivity contribution in [2.24, 2.45) is 0 Å². The first kappa shape index (κ1) is 14.3. The van der Waals surface area contributed by atoms with E-state index in [1.54, 1.807) is 23.5 Å². The van der Waals surface area contributed by atoms with Crippen molar-refractivity contribution in [3.63, 3.8) is 0 Å². The number of fused-ring (bicyclic) bond motifs is 1. The number of aryl methyl sites for hydroxylation is 1. The van der Waals surface area contributed by atoms with Crippen molar-refractivity contribution >= 4 is 34.7 Å². The normalized spacial score (nSPS) is 13.7. The van der Waals surface area contributed by atoms with Gasteiger partial charge in [0.15, 0.2) is 0 Å². The molecule has 0 aliphatic carbocycles. The second-order valence-corrected chi connectivity index (χ2v) is 7.17. The number of phenols is 1. The van der Waals surface area contributed by atoms with E-state index in [-0.39, 0.29) is 18.2 Å². The topological polar surface area (TPSA) is 75.3 Å². The molecule has 3 rings (SSSR count). The number of thiophene rings is 1. The third kappa shape index (κ3) is 3.16. The third-order valence-electron chi connectivity index (χ3n) is 3.39. The quantitative estimate of drug-likeness (QED) is 0.600. The van der Waals surface area contributed by atoms with E-state index < -0.39 is 0 Å². The monoisotopic (exact) mass is 320 g/mol. The highest BCUT2D eigenvalue weighted by molar-refractivity contribution is 7.98. The summed E-state index contributed by atoms with van der Waals surface area (Å²) in [5.41, 5.74) is 8.17. The molecule has 4 N–H and O–H groups in total. The molecule has 1 aromatic heterocycles. The Morgan fingerprint density at radius 3 is 3.05 bits per heavy atom. The minimum atomic E-state index is -0.0961. The van der Waals surface area contributed by atoms with E-state index in [4.69, 9.17) is 5.73 Å². The van der Waals surface area contributed by atoms with Gasteiger partial charge in [0, 0.05) is 28.4 Å². The van der Waals surface area contributed by atoms with E-state index in [9.17, 15) is 9.90 Å². The molecule has 0 fully saturated rings. The molecule has 1 aliphatic heterocycles. The molecule has 0 bridgehead atoms. The van der Waals surface area contributed by atoms with Gasteiger partial charge in [-0.15, -0.1) is 11.3 Å². The Hall–Kier alpha value is -1.66. The number of aromatic hydroxyl groups is 1. The van der Waals surface area contributed by atoms with Crippen LogP contribution in [-0.2, 0) is 18.7 Å². The Kier molecular flexibility index (Phi) is 4.07. The van der Waals surface area contributed by atoms with E-state index in [0.29, 0.717) is 11.3 Å². The van der Waals surface area contributed by atoms with Gasteiger partial charge in [-0.2, -0.15) is 11.8 Å². The fourth-order valence-electron chi connectivity index (χ4n) is 2.27. The molecular formula is C15H16N2O2S2. The van der Waals surface area contributed by atoms with Crippen LogP contribution in [0.2, 0.25) is 0 Å². The van der Waals surface area contributed by atoms with Gasteiger partial charge in [0.2, 0.25) is 0 Å². The van der Waals surface area contributed by atoms with Gasteiger partial charge < -0.3 is 16.2 Å². The Bertz CT molecular complexity index is 659. The molecule has 1 amide bonds. The average molecular weight is 320 g/mol. The maximum absolute atomic E-state index is 12.2. The summed E-state index contributed by atoms with van der Waals surface area (Å²) < 4.78 is 0. The number of nitrogens with one attached hydrogen (secondary N) is 1. The van der Waals surface area contributed by atoms with Gasteiger partial charge in [0.25, 0.3) is 5.91 Å². The summed E-state index contributed by atoms with van der Waals surface area (Å²) in [5, 5.41) is 12.6. The minimum absolute atomic E-state index is 0.0961. The van der Waals surface area contributed by atoms with Crippen LogP contribution in [0.25, 0.3) is 0 Å².